The molecular weight excluding hydrogens is 258 g/mol. The van der Waals surface area contributed by atoms with E-state index in [4.69, 9.17) is 21.6 Å². The van der Waals surface area contributed by atoms with Crippen LogP contribution in [0, 0.1) is 32.1 Å². The van der Waals surface area contributed by atoms with Crippen molar-refractivity contribution in [1.82, 2.24) is 0 Å². The van der Waals surface area contributed by atoms with E-state index >= 15 is 0 Å². The molecule has 3 heteroatoms. The average Bonchev–Trinajstić information content (AvgIpc) is 2.35. The fourth-order valence-electron chi connectivity index (χ4n) is 1.92. The molecule has 0 unspecified atom stereocenters. The summed E-state index contributed by atoms with van der Waals surface area (Å²) in [7, 11) is 0. The molecule has 2 nitrogen and oxygen atoms in total. The molecule has 0 heterocycles. The van der Waals surface area contributed by atoms with Crippen molar-refractivity contribution < 1.29 is 4.74 Å². The van der Waals surface area contributed by atoms with Gasteiger partial charge in [-0.2, -0.15) is 5.26 Å². The van der Waals surface area contributed by atoms with Crippen molar-refractivity contribution in [2.24, 2.45) is 0 Å². The van der Waals surface area contributed by atoms with Gasteiger partial charge in [0.25, 0.3) is 0 Å². The van der Waals surface area contributed by atoms with Crippen LogP contribution in [0.4, 0.5) is 0 Å². The van der Waals surface area contributed by atoms with Crippen molar-refractivity contribution in [3.05, 3.63) is 57.6 Å². The van der Waals surface area contributed by atoms with Gasteiger partial charge >= 0.3 is 0 Å². The van der Waals surface area contributed by atoms with Gasteiger partial charge < -0.3 is 4.74 Å². The Morgan fingerprint density at radius 1 is 1.11 bits per heavy atom. The predicted octanol–water partition coefficient (Wildman–Crippen LogP) is 4.93. The Hall–Kier alpha value is -1.98. The van der Waals surface area contributed by atoms with Crippen molar-refractivity contribution in [2.75, 3.05) is 0 Å². The molecular formula is C16H14ClNO. The topological polar surface area (TPSA) is 33.0 Å². The smallest absolute Gasteiger partial charge is 0.146 e. The van der Waals surface area contributed by atoms with E-state index in [9.17, 15) is 0 Å². The summed E-state index contributed by atoms with van der Waals surface area (Å²) in [5.74, 6) is 1.25. The molecule has 0 spiro atoms. The molecule has 0 amide bonds. The van der Waals surface area contributed by atoms with Crippen LogP contribution in [0.2, 0.25) is 5.02 Å². The van der Waals surface area contributed by atoms with Crippen molar-refractivity contribution in [1.29, 1.82) is 5.26 Å². The van der Waals surface area contributed by atoms with Gasteiger partial charge in [-0.25, -0.2) is 0 Å². The highest BCUT2D eigenvalue weighted by Gasteiger charge is 2.11. The maximum atomic E-state index is 9.14. The lowest BCUT2D eigenvalue weighted by Gasteiger charge is -2.13. The van der Waals surface area contributed by atoms with Crippen LogP contribution in [0.15, 0.2) is 30.3 Å². The van der Waals surface area contributed by atoms with Gasteiger partial charge in [-0.3, -0.25) is 0 Å². The highest BCUT2D eigenvalue weighted by Crippen LogP contribution is 2.32. The second-order valence-electron chi connectivity index (χ2n) is 4.53. The third kappa shape index (κ3) is 2.72. The lowest BCUT2D eigenvalue weighted by molar-refractivity contribution is 0.476. The Morgan fingerprint density at radius 3 is 2.53 bits per heavy atom. The van der Waals surface area contributed by atoms with Crippen LogP contribution < -0.4 is 4.74 Å². The summed E-state index contributed by atoms with van der Waals surface area (Å²) in [5, 5.41) is 9.55. The largest absolute Gasteiger partial charge is 0.456 e. The number of benzene rings is 2. The molecule has 0 aromatic heterocycles. The molecule has 19 heavy (non-hydrogen) atoms. The van der Waals surface area contributed by atoms with Gasteiger partial charge in [0.15, 0.2) is 0 Å². The third-order valence-corrected chi connectivity index (χ3v) is 3.39. The van der Waals surface area contributed by atoms with Crippen LogP contribution in [0.5, 0.6) is 11.5 Å². The number of hydrogen-bond donors (Lipinski definition) is 0. The van der Waals surface area contributed by atoms with Gasteiger partial charge in [-0.15, -0.1) is 0 Å². The summed E-state index contributed by atoms with van der Waals surface area (Å²) >= 11 is 6.00. The van der Waals surface area contributed by atoms with E-state index in [1.807, 2.05) is 26.8 Å². The summed E-state index contributed by atoms with van der Waals surface area (Å²) < 4.78 is 5.87. The SMILES string of the molecule is Cc1cc(C)c(C)c(Oc2cccc(Cl)c2C#N)c1. The van der Waals surface area contributed by atoms with E-state index in [-0.39, 0.29) is 0 Å². The molecule has 96 valence electrons. The molecule has 2 rings (SSSR count). The standard InChI is InChI=1S/C16H14ClNO/c1-10-7-11(2)12(3)16(8-10)19-15-6-4-5-14(17)13(15)9-18/h4-8H,1-3H3. The maximum Gasteiger partial charge on any atom is 0.146 e. The van der Waals surface area contributed by atoms with Crippen LogP contribution in [0.25, 0.3) is 0 Å². The van der Waals surface area contributed by atoms with Crippen LogP contribution in [0.1, 0.15) is 22.3 Å². The number of halogens is 1. The number of aryl methyl sites for hydroxylation is 2. The van der Waals surface area contributed by atoms with Crippen LogP contribution in [-0.2, 0) is 0 Å². The molecule has 0 aliphatic heterocycles. The molecule has 0 radical (unpaired) electrons. The van der Waals surface area contributed by atoms with Crippen LogP contribution >= 0.6 is 11.6 Å². The molecule has 0 atom stereocenters. The van der Waals surface area contributed by atoms with Crippen molar-refractivity contribution >= 4 is 11.6 Å². The molecule has 0 saturated heterocycles. The highest BCUT2D eigenvalue weighted by molar-refractivity contribution is 6.31. The van der Waals surface area contributed by atoms with E-state index in [0.29, 0.717) is 16.3 Å². The minimum atomic E-state index is 0.364. The molecule has 0 aliphatic rings. The van der Waals surface area contributed by atoms with Crippen molar-refractivity contribution in [2.45, 2.75) is 20.8 Å². The first-order valence-corrected chi connectivity index (χ1v) is 6.35. The fraction of sp³-hybridized carbons (Fsp3) is 0.188. The number of rotatable bonds is 2. The normalized spacial score (nSPS) is 10.1. The lowest BCUT2D eigenvalue weighted by Crippen LogP contribution is -1.94. The first kappa shape index (κ1) is 13.5. The number of nitrogens with zero attached hydrogens (tertiary/aromatic N) is 1. The summed E-state index contributed by atoms with van der Waals surface area (Å²) in [4.78, 5) is 0. The molecule has 2 aromatic carbocycles. The average molecular weight is 272 g/mol. The number of hydrogen-bond acceptors (Lipinski definition) is 2. The lowest BCUT2D eigenvalue weighted by atomic mass is 10.1. The highest BCUT2D eigenvalue weighted by atomic mass is 35.5. The summed E-state index contributed by atoms with van der Waals surface area (Å²) in [5.41, 5.74) is 3.71. The van der Waals surface area contributed by atoms with Gasteiger partial charge in [0.1, 0.15) is 23.1 Å². The van der Waals surface area contributed by atoms with Gasteiger partial charge in [0, 0.05) is 0 Å². The van der Waals surface area contributed by atoms with E-state index < -0.39 is 0 Å². The van der Waals surface area contributed by atoms with Crippen LogP contribution in [-0.4, -0.2) is 0 Å². The van der Waals surface area contributed by atoms with Crippen molar-refractivity contribution in [3.63, 3.8) is 0 Å². The first-order valence-electron chi connectivity index (χ1n) is 5.97. The number of ether oxygens (including phenoxy) is 1. The van der Waals surface area contributed by atoms with E-state index in [2.05, 4.69) is 12.1 Å². The third-order valence-electron chi connectivity index (χ3n) is 3.07. The Labute approximate surface area is 118 Å². The monoisotopic (exact) mass is 271 g/mol. The number of nitriles is 1. The fourth-order valence-corrected chi connectivity index (χ4v) is 2.13. The molecule has 2 aromatic rings. The van der Waals surface area contributed by atoms with Gasteiger partial charge in [-0.05, 0) is 55.7 Å². The van der Waals surface area contributed by atoms with Crippen LogP contribution in [0.3, 0.4) is 0 Å². The second kappa shape index (κ2) is 5.34. The maximum absolute atomic E-state index is 9.14. The van der Waals surface area contributed by atoms with E-state index in [1.165, 1.54) is 0 Å². The summed E-state index contributed by atoms with van der Waals surface area (Å²) in [6.45, 7) is 6.06. The Bertz CT molecular complexity index is 671. The Kier molecular flexibility index (Phi) is 3.78. The summed E-state index contributed by atoms with van der Waals surface area (Å²) in [6, 6.07) is 11.3. The first-order chi connectivity index (χ1) is 9.02. The molecule has 0 N–H and O–H groups in total. The van der Waals surface area contributed by atoms with Gasteiger partial charge in [-0.1, -0.05) is 23.7 Å². The van der Waals surface area contributed by atoms with E-state index in [1.54, 1.807) is 18.2 Å². The minimum Gasteiger partial charge on any atom is -0.456 e. The molecule has 0 fully saturated rings. The predicted molar refractivity (Wildman–Crippen MR) is 76.9 cm³/mol. The van der Waals surface area contributed by atoms with Crippen molar-refractivity contribution in [3.8, 4) is 17.6 Å². The second-order valence-corrected chi connectivity index (χ2v) is 4.94. The zero-order chi connectivity index (χ0) is 14.0. The van der Waals surface area contributed by atoms with E-state index in [0.717, 1.165) is 22.4 Å². The Morgan fingerprint density at radius 2 is 1.84 bits per heavy atom. The molecule has 0 aliphatic carbocycles. The zero-order valence-electron chi connectivity index (χ0n) is 11.1. The molecule has 0 saturated carbocycles. The van der Waals surface area contributed by atoms with Gasteiger partial charge in [0.2, 0.25) is 0 Å². The quantitative estimate of drug-likeness (QED) is 0.776. The van der Waals surface area contributed by atoms with Gasteiger partial charge in [0.05, 0.1) is 5.02 Å². The Balaban J connectivity index is 2.48. The summed E-state index contributed by atoms with van der Waals surface area (Å²) in [6.07, 6.45) is 0. The molecule has 0 bridgehead atoms. The minimum absolute atomic E-state index is 0.364. The zero-order valence-corrected chi connectivity index (χ0v) is 11.9.